The van der Waals surface area contributed by atoms with E-state index in [9.17, 15) is 4.79 Å². The first-order valence-corrected chi connectivity index (χ1v) is 4.91. The van der Waals surface area contributed by atoms with E-state index in [1.54, 1.807) is 13.1 Å². The van der Waals surface area contributed by atoms with Crippen molar-refractivity contribution in [2.75, 3.05) is 0 Å². The van der Waals surface area contributed by atoms with Crippen LogP contribution in [0.5, 0.6) is 0 Å². The van der Waals surface area contributed by atoms with E-state index in [-0.39, 0.29) is 5.91 Å². The van der Waals surface area contributed by atoms with Gasteiger partial charge in [-0.05, 0) is 30.9 Å². The Balaban J connectivity index is 2.63. The minimum atomic E-state index is -0.259. The lowest BCUT2D eigenvalue weighted by atomic mass is 10.1. The minimum Gasteiger partial charge on any atom is -0.340 e. The molecule has 0 aliphatic rings. The summed E-state index contributed by atoms with van der Waals surface area (Å²) < 4.78 is 0. The van der Waals surface area contributed by atoms with Crippen LogP contribution in [-0.2, 0) is 17.8 Å². The first kappa shape index (κ1) is 11.3. The van der Waals surface area contributed by atoms with Crippen molar-refractivity contribution in [2.45, 2.75) is 26.8 Å². The number of nitrogens with zero attached hydrogens (tertiary/aromatic N) is 1. The van der Waals surface area contributed by atoms with Crippen LogP contribution in [0.3, 0.4) is 0 Å². The Hall–Kier alpha value is -1.82. The van der Waals surface area contributed by atoms with Gasteiger partial charge in [0.05, 0.1) is 12.2 Å². The molecule has 0 bridgehead atoms. The first-order valence-electron chi connectivity index (χ1n) is 4.91. The average molecular weight is 202 g/mol. The highest BCUT2D eigenvalue weighted by molar-refractivity contribution is 5.93. The molecule has 0 saturated carbocycles. The molecule has 0 aliphatic carbocycles. The number of amides is 1. The monoisotopic (exact) mass is 202 g/mol. The second kappa shape index (κ2) is 5.82. The molecule has 0 fully saturated rings. The van der Waals surface area contributed by atoms with Gasteiger partial charge < -0.3 is 5.32 Å². The summed E-state index contributed by atoms with van der Waals surface area (Å²) in [6, 6.07) is 3.91. The molecule has 0 atom stereocenters. The van der Waals surface area contributed by atoms with Crippen molar-refractivity contribution in [3.8, 4) is 11.8 Å². The van der Waals surface area contributed by atoms with Gasteiger partial charge in [0, 0.05) is 6.20 Å². The number of aryl methyl sites for hydroxylation is 1. The Morgan fingerprint density at radius 3 is 3.07 bits per heavy atom. The van der Waals surface area contributed by atoms with Crippen molar-refractivity contribution in [3.05, 3.63) is 29.6 Å². The van der Waals surface area contributed by atoms with E-state index in [0.29, 0.717) is 6.54 Å². The molecule has 1 aromatic heterocycles. The van der Waals surface area contributed by atoms with Gasteiger partial charge in [-0.15, -0.1) is 0 Å². The van der Waals surface area contributed by atoms with Gasteiger partial charge in [-0.25, -0.2) is 0 Å². The van der Waals surface area contributed by atoms with Crippen LogP contribution in [0.2, 0.25) is 0 Å². The van der Waals surface area contributed by atoms with Crippen LogP contribution < -0.4 is 5.32 Å². The van der Waals surface area contributed by atoms with E-state index in [1.165, 1.54) is 0 Å². The zero-order chi connectivity index (χ0) is 11.1. The van der Waals surface area contributed by atoms with E-state index in [0.717, 1.165) is 17.7 Å². The molecular formula is C12H14N2O. The topological polar surface area (TPSA) is 42.0 Å². The Morgan fingerprint density at radius 1 is 1.60 bits per heavy atom. The number of hydrogen-bond donors (Lipinski definition) is 1. The molecule has 1 N–H and O–H groups in total. The standard InChI is InChI=1S/C12H14N2O/c1-3-6-12(15)14-9-11-10(4-2)7-5-8-13-11/h5,7-8H,4,9H2,1-2H3,(H,14,15). The van der Waals surface area contributed by atoms with Gasteiger partial charge in [0.15, 0.2) is 0 Å². The SMILES string of the molecule is CC#CC(=O)NCc1ncccc1CC. The Labute approximate surface area is 89.9 Å². The number of carbonyl (C=O) groups excluding carboxylic acids is 1. The maximum absolute atomic E-state index is 11.1. The quantitative estimate of drug-likeness (QED) is 0.750. The van der Waals surface area contributed by atoms with Crippen LogP contribution in [-0.4, -0.2) is 10.9 Å². The number of nitrogens with one attached hydrogen (secondary N) is 1. The number of pyridine rings is 1. The highest BCUT2D eigenvalue weighted by Crippen LogP contribution is 2.05. The maximum Gasteiger partial charge on any atom is 0.296 e. The molecule has 0 unspecified atom stereocenters. The molecule has 3 nitrogen and oxygen atoms in total. The Kier molecular flexibility index (Phi) is 4.36. The summed E-state index contributed by atoms with van der Waals surface area (Å²) in [5.41, 5.74) is 2.06. The number of carbonyl (C=O) groups is 1. The molecule has 0 spiro atoms. The fraction of sp³-hybridized carbons (Fsp3) is 0.333. The third-order valence-electron chi connectivity index (χ3n) is 2.02. The third-order valence-corrected chi connectivity index (χ3v) is 2.02. The van der Waals surface area contributed by atoms with Crippen molar-refractivity contribution in [2.24, 2.45) is 0 Å². The second-order valence-electron chi connectivity index (χ2n) is 3.02. The fourth-order valence-corrected chi connectivity index (χ4v) is 1.27. The summed E-state index contributed by atoms with van der Waals surface area (Å²) >= 11 is 0. The molecule has 0 saturated heterocycles. The molecule has 1 heterocycles. The van der Waals surface area contributed by atoms with Crippen molar-refractivity contribution < 1.29 is 4.79 Å². The summed E-state index contributed by atoms with van der Waals surface area (Å²) in [5, 5.41) is 2.70. The highest BCUT2D eigenvalue weighted by Gasteiger charge is 2.02. The third kappa shape index (κ3) is 3.43. The zero-order valence-electron chi connectivity index (χ0n) is 9.00. The van der Waals surface area contributed by atoms with E-state index in [4.69, 9.17) is 0 Å². The molecule has 0 aliphatic heterocycles. The van der Waals surface area contributed by atoms with Crippen molar-refractivity contribution in [1.82, 2.24) is 10.3 Å². The van der Waals surface area contributed by atoms with Crippen LogP contribution in [0.1, 0.15) is 25.1 Å². The predicted octanol–water partition coefficient (Wildman–Crippen LogP) is 1.28. The van der Waals surface area contributed by atoms with Crippen LogP contribution in [0.4, 0.5) is 0 Å². The molecule has 1 amide bonds. The van der Waals surface area contributed by atoms with Crippen molar-refractivity contribution in [3.63, 3.8) is 0 Å². The normalized spacial score (nSPS) is 8.93. The summed E-state index contributed by atoms with van der Waals surface area (Å²) in [5.74, 6) is 4.72. The molecule has 1 aromatic rings. The van der Waals surface area contributed by atoms with Crippen LogP contribution in [0.25, 0.3) is 0 Å². The van der Waals surface area contributed by atoms with Gasteiger partial charge in [-0.1, -0.05) is 18.9 Å². The molecule has 0 aromatic carbocycles. The Morgan fingerprint density at radius 2 is 2.40 bits per heavy atom. The molecule has 78 valence electrons. The number of aromatic nitrogens is 1. The first-order chi connectivity index (χ1) is 7.27. The van der Waals surface area contributed by atoms with Crippen LogP contribution in [0, 0.1) is 11.8 Å². The van der Waals surface area contributed by atoms with Crippen molar-refractivity contribution >= 4 is 5.91 Å². The summed E-state index contributed by atoms with van der Waals surface area (Å²) in [4.78, 5) is 15.3. The smallest absolute Gasteiger partial charge is 0.296 e. The lowest BCUT2D eigenvalue weighted by molar-refractivity contribution is -0.115. The second-order valence-corrected chi connectivity index (χ2v) is 3.02. The number of hydrogen-bond acceptors (Lipinski definition) is 2. The summed E-state index contributed by atoms with van der Waals surface area (Å²) in [6.45, 7) is 4.14. The molecule has 0 radical (unpaired) electrons. The molecule has 1 rings (SSSR count). The van der Waals surface area contributed by atoms with Gasteiger partial charge in [-0.2, -0.15) is 0 Å². The zero-order valence-corrected chi connectivity index (χ0v) is 9.00. The largest absolute Gasteiger partial charge is 0.340 e. The summed E-state index contributed by atoms with van der Waals surface area (Å²) in [6.07, 6.45) is 2.64. The van der Waals surface area contributed by atoms with Gasteiger partial charge in [-0.3, -0.25) is 9.78 Å². The van der Waals surface area contributed by atoms with Crippen LogP contribution >= 0.6 is 0 Å². The van der Waals surface area contributed by atoms with Gasteiger partial charge in [0.2, 0.25) is 0 Å². The predicted molar refractivity (Wildman–Crippen MR) is 58.9 cm³/mol. The lowest BCUT2D eigenvalue weighted by Gasteiger charge is -2.05. The van der Waals surface area contributed by atoms with Gasteiger partial charge in [0.1, 0.15) is 0 Å². The van der Waals surface area contributed by atoms with Gasteiger partial charge in [0.25, 0.3) is 5.91 Å². The Bertz CT molecular complexity index is 402. The molecular weight excluding hydrogens is 188 g/mol. The van der Waals surface area contributed by atoms with Gasteiger partial charge >= 0.3 is 0 Å². The van der Waals surface area contributed by atoms with Crippen molar-refractivity contribution in [1.29, 1.82) is 0 Å². The summed E-state index contributed by atoms with van der Waals surface area (Å²) in [7, 11) is 0. The van der Waals surface area contributed by atoms with E-state index in [1.807, 2.05) is 12.1 Å². The van der Waals surface area contributed by atoms with Crippen LogP contribution in [0.15, 0.2) is 18.3 Å². The average Bonchev–Trinajstić information content (AvgIpc) is 2.27. The van der Waals surface area contributed by atoms with E-state index >= 15 is 0 Å². The molecule has 3 heteroatoms. The lowest BCUT2D eigenvalue weighted by Crippen LogP contribution is -2.22. The van der Waals surface area contributed by atoms with E-state index < -0.39 is 0 Å². The maximum atomic E-state index is 11.1. The molecule has 15 heavy (non-hydrogen) atoms. The fourth-order valence-electron chi connectivity index (χ4n) is 1.27. The number of rotatable bonds is 3. The van der Waals surface area contributed by atoms with E-state index in [2.05, 4.69) is 29.1 Å². The highest BCUT2D eigenvalue weighted by atomic mass is 16.1. The minimum absolute atomic E-state index is 0.259.